The Morgan fingerprint density at radius 2 is 2.00 bits per heavy atom. The Kier molecular flexibility index (Phi) is 3.18. The molecule has 0 unspecified atom stereocenters. The van der Waals surface area contributed by atoms with Crippen LogP contribution in [0.4, 0.5) is 17.6 Å². The minimum absolute atomic E-state index is 0.166. The molecule has 0 atom stereocenters. The molecule has 0 bridgehead atoms. The summed E-state index contributed by atoms with van der Waals surface area (Å²) in [6.45, 7) is 1.28. The van der Waals surface area contributed by atoms with Crippen molar-refractivity contribution in [2.75, 3.05) is 0 Å². The molecule has 0 spiro atoms. The number of H-pyrrole nitrogens is 1. The van der Waals surface area contributed by atoms with Crippen molar-refractivity contribution in [2.24, 2.45) is 0 Å². The van der Waals surface area contributed by atoms with Gasteiger partial charge >= 0.3 is 6.18 Å². The molecule has 2 nitrogen and oxygen atoms in total. The van der Waals surface area contributed by atoms with E-state index >= 15 is 0 Å². The summed E-state index contributed by atoms with van der Waals surface area (Å²) < 4.78 is 51.4. The van der Waals surface area contributed by atoms with Crippen LogP contribution in [0, 0.1) is 17.5 Å². The summed E-state index contributed by atoms with van der Waals surface area (Å²) in [4.78, 5) is 2.70. The quantitative estimate of drug-likeness (QED) is 0.648. The van der Waals surface area contributed by atoms with Crippen LogP contribution >= 0.6 is 12.2 Å². The van der Waals surface area contributed by atoms with Gasteiger partial charge in [-0.2, -0.15) is 13.2 Å². The Labute approximate surface area is 105 Å². The number of aromatic nitrogens is 2. The van der Waals surface area contributed by atoms with E-state index in [0.717, 1.165) is 0 Å². The molecule has 0 amide bonds. The molecule has 0 aliphatic rings. The van der Waals surface area contributed by atoms with E-state index in [0.29, 0.717) is 16.6 Å². The number of aromatic amines is 1. The number of aryl methyl sites for hydroxylation is 2. The van der Waals surface area contributed by atoms with Crippen molar-refractivity contribution >= 4 is 23.3 Å². The molecule has 1 aromatic carbocycles. The van der Waals surface area contributed by atoms with E-state index in [9.17, 15) is 17.6 Å². The van der Waals surface area contributed by atoms with E-state index in [2.05, 4.69) is 4.98 Å². The zero-order chi connectivity index (χ0) is 13.5. The van der Waals surface area contributed by atoms with Crippen LogP contribution in [0.3, 0.4) is 0 Å². The highest BCUT2D eigenvalue weighted by molar-refractivity contribution is 7.71. The third-order valence-electron chi connectivity index (χ3n) is 2.67. The van der Waals surface area contributed by atoms with Gasteiger partial charge in [0.1, 0.15) is 5.82 Å². The van der Waals surface area contributed by atoms with E-state index in [1.54, 1.807) is 6.92 Å². The highest BCUT2D eigenvalue weighted by Gasteiger charge is 2.27. The Morgan fingerprint density at radius 1 is 1.33 bits per heavy atom. The maximum absolute atomic E-state index is 13.3. The number of rotatable bonds is 2. The molecule has 1 N–H and O–H groups in total. The monoisotopic (exact) mass is 278 g/mol. The number of imidazole rings is 1. The number of nitrogens with zero attached hydrogens (tertiary/aromatic N) is 1. The van der Waals surface area contributed by atoms with Gasteiger partial charge in [0.05, 0.1) is 17.5 Å². The third kappa shape index (κ3) is 2.55. The van der Waals surface area contributed by atoms with Crippen molar-refractivity contribution in [3.63, 3.8) is 0 Å². The van der Waals surface area contributed by atoms with E-state index in [1.165, 1.54) is 16.7 Å². The van der Waals surface area contributed by atoms with Crippen molar-refractivity contribution in [3.05, 3.63) is 28.3 Å². The summed E-state index contributed by atoms with van der Waals surface area (Å²) >= 11 is 4.95. The van der Waals surface area contributed by atoms with Gasteiger partial charge in [0.2, 0.25) is 0 Å². The number of hydrogen-bond donors (Lipinski definition) is 1. The van der Waals surface area contributed by atoms with Gasteiger partial charge in [-0.1, -0.05) is 0 Å². The number of benzene rings is 1. The minimum atomic E-state index is -4.24. The number of fused-ring (bicyclic) bond motifs is 1. The van der Waals surface area contributed by atoms with Crippen molar-refractivity contribution < 1.29 is 17.6 Å². The van der Waals surface area contributed by atoms with Gasteiger partial charge in [0, 0.05) is 6.54 Å². The van der Waals surface area contributed by atoms with Gasteiger partial charge in [-0.3, -0.25) is 0 Å². The lowest BCUT2D eigenvalue weighted by Gasteiger charge is -2.08. The van der Waals surface area contributed by atoms with E-state index in [1.807, 2.05) is 0 Å². The fourth-order valence-electron chi connectivity index (χ4n) is 1.74. The van der Waals surface area contributed by atoms with E-state index < -0.39 is 18.4 Å². The third-order valence-corrected chi connectivity index (χ3v) is 3.00. The van der Waals surface area contributed by atoms with Gasteiger partial charge in [0.25, 0.3) is 0 Å². The normalized spacial score (nSPS) is 12.3. The molecule has 2 aromatic rings. The topological polar surface area (TPSA) is 20.7 Å². The smallest absolute Gasteiger partial charge is 0.330 e. The van der Waals surface area contributed by atoms with Crippen LogP contribution in [-0.2, 0) is 6.54 Å². The molecule has 1 heterocycles. The summed E-state index contributed by atoms with van der Waals surface area (Å²) in [7, 11) is 0. The first-order valence-corrected chi connectivity index (χ1v) is 5.64. The number of hydrogen-bond acceptors (Lipinski definition) is 1. The average molecular weight is 278 g/mol. The van der Waals surface area contributed by atoms with Crippen molar-refractivity contribution in [1.29, 1.82) is 0 Å². The van der Waals surface area contributed by atoms with Crippen LogP contribution in [0.15, 0.2) is 12.1 Å². The summed E-state index contributed by atoms with van der Waals surface area (Å²) in [5.41, 5.74) is 1.27. The molecule has 18 heavy (non-hydrogen) atoms. The van der Waals surface area contributed by atoms with Crippen molar-refractivity contribution in [1.82, 2.24) is 9.55 Å². The molecule has 7 heteroatoms. The van der Waals surface area contributed by atoms with Crippen LogP contribution in [0.5, 0.6) is 0 Å². The zero-order valence-electron chi connectivity index (χ0n) is 9.44. The van der Waals surface area contributed by atoms with Crippen molar-refractivity contribution in [2.45, 2.75) is 26.1 Å². The Morgan fingerprint density at radius 3 is 2.61 bits per heavy atom. The Bertz CT molecular complexity index is 639. The molecule has 0 aliphatic heterocycles. The highest BCUT2D eigenvalue weighted by Crippen LogP contribution is 2.23. The first-order chi connectivity index (χ1) is 8.28. The van der Waals surface area contributed by atoms with Gasteiger partial charge in [-0.25, -0.2) is 4.39 Å². The maximum atomic E-state index is 13.3. The van der Waals surface area contributed by atoms with Gasteiger partial charge < -0.3 is 9.55 Å². The Hall–Kier alpha value is -1.37. The standard InChI is InChI=1S/C11H10F4N2S/c1-6-4-9-8(5-7(6)12)16-10(18)17(9)3-2-11(13,14)15/h4-5H,2-3H2,1H3,(H,16,18). The predicted octanol–water partition coefficient (Wildman–Crippen LogP) is 4.10. The summed E-state index contributed by atoms with van der Waals surface area (Å²) in [5.74, 6) is -0.415. The SMILES string of the molecule is Cc1cc2c(cc1F)[nH]c(=S)n2CCC(F)(F)F. The fraction of sp³-hybridized carbons (Fsp3) is 0.364. The molecule has 1 aromatic heterocycles. The second-order valence-electron chi connectivity index (χ2n) is 4.07. The molecular weight excluding hydrogens is 268 g/mol. The molecular formula is C11H10F4N2S. The van der Waals surface area contributed by atoms with Gasteiger partial charge in [-0.05, 0) is 36.8 Å². The number of nitrogens with one attached hydrogen (secondary N) is 1. The van der Waals surface area contributed by atoms with Crippen molar-refractivity contribution in [3.8, 4) is 0 Å². The van der Waals surface area contributed by atoms with E-state index in [4.69, 9.17) is 12.2 Å². The number of alkyl halides is 3. The van der Waals surface area contributed by atoms with Crippen LogP contribution in [0.25, 0.3) is 11.0 Å². The Balaban J connectivity index is 2.47. The molecule has 0 fully saturated rings. The first-order valence-electron chi connectivity index (χ1n) is 5.23. The molecule has 0 radical (unpaired) electrons. The number of halogens is 4. The summed E-state index contributed by atoms with van der Waals surface area (Å²) in [6.07, 6.45) is -5.21. The largest absolute Gasteiger partial charge is 0.390 e. The highest BCUT2D eigenvalue weighted by atomic mass is 32.1. The molecule has 0 aliphatic carbocycles. The van der Waals surface area contributed by atoms with Crippen LogP contribution in [0.1, 0.15) is 12.0 Å². The lowest BCUT2D eigenvalue weighted by atomic mass is 10.2. The van der Waals surface area contributed by atoms with E-state index in [-0.39, 0.29) is 11.3 Å². The van der Waals surface area contributed by atoms with Crippen LogP contribution in [-0.4, -0.2) is 15.7 Å². The molecule has 2 rings (SSSR count). The first kappa shape index (κ1) is 13.1. The minimum Gasteiger partial charge on any atom is -0.330 e. The molecule has 0 saturated heterocycles. The van der Waals surface area contributed by atoms with Gasteiger partial charge in [-0.15, -0.1) is 0 Å². The second kappa shape index (κ2) is 4.38. The van der Waals surface area contributed by atoms with Crippen LogP contribution < -0.4 is 0 Å². The summed E-state index contributed by atoms with van der Waals surface area (Å²) in [6, 6.07) is 2.73. The lowest BCUT2D eigenvalue weighted by Crippen LogP contribution is -2.12. The summed E-state index contributed by atoms with van der Waals surface area (Å²) in [5, 5.41) is 0. The second-order valence-corrected chi connectivity index (χ2v) is 4.45. The average Bonchev–Trinajstić information content (AvgIpc) is 2.51. The lowest BCUT2D eigenvalue weighted by molar-refractivity contribution is -0.136. The molecule has 98 valence electrons. The molecule has 0 saturated carbocycles. The zero-order valence-corrected chi connectivity index (χ0v) is 10.3. The maximum Gasteiger partial charge on any atom is 0.390 e. The predicted molar refractivity (Wildman–Crippen MR) is 62.5 cm³/mol. The van der Waals surface area contributed by atoms with Crippen LogP contribution in [0.2, 0.25) is 0 Å². The van der Waals surface area contributed by atoms with Gasteiger partial charge in [0.15, 0.2) is 4.77 Å². The fourth-order valence-corrected chi connectivity index (χ4v) is 2.04.